The molecule has 3 saturated carbocycles. The third-order valence-electron chi connectivity index (χ3n) is 10.7. The van der Waals surface area contributed by atoms with Crippen molar-refractivity contribution in [2.45, 2.75) is 71.0 Å². The summed E-state index contributed by atoms with van der Waals surface area (Å²) in [5, 5.41) is 0. The molecule has 1 spiro atoms. The maximum atomic E-state index is 14.7. The Balaban J connectivity index is 1.55. The third kappa shape index (κ3) is 3.00. The van der Waals surface area contributed by atoms with E-state index in [-0.39, 0.29) is 52.9 Å². The van der Waals surface area contributed by atoms with E-state index in [1.54, 1.807) is 14.0 Å². The van der Waals surface area contributed by atoms with E-state index in [1.165, 1.54) is 0 Å². The molecule has 2 bridgehead atoms. The third-order valence-corrected chi connectivity index (χ3v) is 10.7. The average molecular weight is 509 g/mol. The molecule has 0 aromatic heterocycles. The normalized spacial score (nSPS) is 40.5. The number of esters is 1. The lowest BCUT2D eigenvalue weighted by atomic mass is 9.51. The van der Waals surface area contributed by atoms with Crippen LogP contribution in [0.4, 0.5) is 0 Å². The highest BCUT2D eigenvalue weighted by atomic mass is 16.7. The molecule has 4 aliphatic carbocycles. The Hall–Kier alpha value is -2.18. The molecule has 0 radical (unpaired) electrons. The zero-order valence-electron chi connectivity index (χ0n) is 22.8. The number of allylic oxidation sites excluding steroid dienone is 2. The molecule has 200 valence electrons. The Bertz CT molecular complexity index is 1130. The van der Waals surface area contributed by atoms with Gasteiger partial charge in [-0.15, -0.1) is 0 Å². The van der Waals surface area contributed by atoms with Gasteiger partial charge in [-0.05, 0) is 42.9 Å². The first-order valence-corrected chi connectivity index (χ1v) is 13.9. The fraction of sp³-hybridized carbons (Fsp3) is 0.677. The summed E-state index contributed by atoms with van der Waals surface area (Å²) < 4.78 is 24.4. The van der Waals surface area contributed by atoms with Crippen molar-refractivity contribution in [1.82, 2.24) is 0 Å². The minimum Gasteiger partial charge on any atom is -0.497 e. The number of carbonyl (C=O) groups excluding carboxylic acids is 2. The Kier molecular flexibility index (Phi) is 5.54. The van der Waals surface area contributed by atoms with Crippen LogP contribution in [-0.2, 0) is 29.2 Å². The van der Waals surface area contributed by atoms with Crippen LogP contribution in [0, 0.1) is 34.0 Å². The van der Waals surface area contributed by atoms with Crippen molar-refractivity contribution in [2.75, 3.05) is 26.9 Å². The standard InChI is InChI=1S/C31H40O6/c1-6-35-23(32)17-22-25(33)24-26(31(22)36-18-27(2,3)19-37-31)29-14-8-7-13-28(29,4)30(24,16-15-29)20-9-11-21(34-5)12-10-20/h9-12,15-16,22,24,26H,6-8,13-14,17-19H2,1-5H3/t22-,24-,26+,28+,29-,30-/m1/s1. The van der Waals surface area contributed by atoms with Crippen LogP contribution in [0.3, 0.4) is 0 Å². The van der Waals surface area contributed by atoms with Crippen LogP contribution in [-0.4, -0.2) is 44.5 Å². The molecule has 1 aromatic carbocycles. The number of rotatable bonds is 5. The maximum absolute atomic E-state index is 14.7. The number of ether oxygens (including phenoxy) is 4. The number of ketones is 1. The predicted molar refractivity (Wildman–Crippen MR) is 138 cm³/mol. The van der Waals surface area contributed by atoms with Crippen molar-refractivity contribution in [1.29, 1.82) is 0 Å². The average Bonchev–Trinajstić information content (AvgIpc) is 3.38. The molecule has 0 N–H and O–H groups in total. The molecule has 37 heavy (non-hydrogen) atoms. The summed E-state index contributed by atoms with van der Waals surface area (Å²) in [5.41, 5.74) is 0.0998. The molecule has 6 heteroatoms. The Labute approximate surface area is 220 Å². The molecule has 1 aromatic rings. The van der Waals surface area contributed by atoms with Gasteiger partial charge >= 0.3 is 5.97 Å². The number of Topliss-reactive ketones (excluding diaryl/α,β-unsaturated/α-hetero) is 1. The number of benzene rings is 1. The summed E-state index contributed by atoms with van der Waals surface area (Å²) in [7, 11) is 1.67. The van der Waals surface area contributed by atoms with Crippen molar-refractivity contribution in [3.63, 3.8) is 0 Å². The molecular formula is C31H40O6. The quantitative estimate of drug-likeness (QED) is 0.400. The molecule has 0 unspecified atom stereocenters. The van der Waals surface area contributed by atoms with Crippen LogP contribution in [0.1, 0.15) is 65.4 Å². The highest BCUT2D eigenvalue weighted by molar-refractivity contribution is 5.94. The molecule has 1 saturated heterocycles. The monoisotopic (exact) mass is 508 g/mol. The molecule has 1 aliphatic heterocycles. The summed E-state index contributed by atoms with van der Waals surface area (Å²) >= 11 is 0. The lowest BCUT2D eigenvalue weighted by molar-refractivity contribution is -0.344. The van der Waals surface area contributed by atoms with Crippen LogP contribution in [0.25, 0.3) is 0 Å². The second-order valence-corrected chi connectivity index (χ2v) is 12.9. The first kappa shape index (κ1) is 25.1. The van der Waals surface area contributed by atoms with Crippen molar-refractivity contribution in [3.05, 3.63) is 42.0 Å². The Morgan fingerprint density at radius 1 is 1.03 bits per heavy atom. The van der Waals surface area contributed by atoms with Gasteiger partial charge in [0.15, 0.2) is 5.79 Å². The first-order chi connectivity index (χ1) is 17.6. The van der Waals surface area contributed by atoms with Gasteiger partial charge in [-0.25, -0.2) is 0 Å². The van der Waals surface area contributed by atoms with E-state index in [9.17, 15) is 9.59 Å². The molecule has 0 amide bonds. The van der Waals surface area contributed by atoms with Crippen LogP contribution < -0.4 is 4.74 Å². The number of carbonyl (C=O) groups is 2. The molecule has 6 nitrogen and oxygen atoms in total. The van der Waals surface area contributed by atoms with Gasteiger partial charge in [0.2, 0.25) is 0 Å². The first-order valence-electron chi connectivity index (χ1n) is 13.9. The number of methoxy groups -OCH3 is 1. The predicted octanol–water partition coefficient (Wildman–Crippen LogP) is 5.24. The van der Waals surface area contributed by atoms with Gasteiger partial charge in [0.25, 0.3) is 0 Å². The van der Waals surface area contributed by atoms with Gasteiger partial charge in [0, 0.05) is 28.1 Å². The summed E-state index contributed by atoms with van der Waals surface area (Å²) in [6.07, 6.45) is 9.02. The fourth-order valence-electron chi connectivity index (χ4n) is 9.12. The lowest BCUT2D eigenvalue weighted by Gasteiger charge is -2.55. The molecule has 5 aliphatic rings. The summed E-state index contributed by atoms with van der Waals surface area (Å²) in [5.74, 6) is -1.75. The van der Waals surface area contributed by atoms with E-state index in [0.717, 1.165) is 37.0 Å². The fourth-order valence-corrected chi connectivity index (χ4v) is 9.12. The Morgan fingerprint density at radius 2 is 1.70 bits per heavy atom. The zero-order chi connectivity index (χ0) is 26.3. The van der Waals surface area contributed by atoms with E-state index in [0.29, 0.717) is 13.2 Å². The molecule has 6 atom stereocenters. The summed E-state index contributed by atoms with van der Waals surface area (Å²) in [6.45, 7) is 9.71. The van der Waals surface area contributed by atoms with Gasteiger partial charge < -0.3 is 18.9 Å². The van der Waals surface area contributed by atoms with Crippen LogP contribution in [0.5, 0.6) is 5.75 Å². The van der Waals surface area contributed by atoms with Crippen LogP contribution in [0.15, 0.2) is 36.4 Å². The topological polar surface area (TPSA) is 71.1 Å². The second kappa shape index (κ2) is 8.16. The van der Waals surface area contributed by atoms with Crippen molar-refractivity contribution < 1.29 is 28.5 Å². The van der Waals surface area contributed by atoms with Crippen molar-refractivity contribution in [3.8, 4) is 5.75 Å². The van der Waals surface area contributed by atoms with Crippen molar-refractivity contribution >= 4 is 11.8 Å². The summed E-state index contributed by atoms with van der Waals surface area (Å²) in [6, 6.07) is 8.26. The summed E-state index contributed by atoms with van der Waals surface area (Å²) in [4.78, 5) is 27.6. The van der Waals surface area contributed by atoms with Gasteiger partial charge in [-0.1, -0.05) is 57.9 Å². The van der Waals surface area contributed by atoms with Gasteiger partial charge in [-0.2, -0.15) is 0 Å². The zero-order valence-corrected chi connectivity index (χ0v) is 22.8. The minimum absolute atomic E-state index is 0.00834. The van der Waals surface area contributed by atoms with E-state index < -0.39 is 17.1 Å². The number of hydrogen-bond acceptors (Lipinski definition) is 6. The SMILES string of the molecule is CCOC(=O)C[C@@H]1C(=O)[C@@H]2[C@H](C13OCC(C)(C)CO3)[C@@]13C=C[C@]2(c2ccc(OC)cc2)[C@@]1(C)CCCC3. The number of hydrogen-bond donors (Lipinski definition) is 0. The van der Waals surface area contributed by atoms with Crippen LogP contribution >= 0.6 is 0 Å². The van der Waals surface area contributed by atoms with Gasteiger partial charge in [-0.3, -0.25) is 9.59 Å². The van der Waals surface area contributed by atoms with Gasteiger partial charge in [0.05, 0.1) is 39.3 Å². The van der Waals surface area contributed by atoms with E-state index in [4.69, 9.17) is 18.9 Å². The van der Waals surface area contributed by atoms with E-state index >= 15 is 0 Å². The number of fused-ring (bicyclic) bond motifs is 3. The second-order valence-electron chi connectivity index (χ2n) is 12.9. The van der Waals surface area contributed by atoms with E-state index in [1.807, 2.05) is 12.1 Å². The highest BCUT2D eigenvalue weighted by Gasteiger charge is 2.85. The lowest BCUT2D eigenvalue weighted by Crippen LogP contribution is -2.59. The maximum Gasteiger partial charge on any atom is 0.306 e. The molecular weight excluding hydrogens is 468 g/mol. The van der Waals surface area contributed by atoms with E-state index in [2.05, 4.69) is 45.1 Å². The molecule has 4 fully saturated rings. The van der Waals surface area contributed by atoms with Gasteiger partial charge in [0.1, 0.15) is 11.5 Å². The molecule has 1 heterocycles. The van der Waals surface area contributed by atoms with Crippen LogP contribution in [0.2, 0.25) is 0 Å². The van der Waals surface area contributed by atoms with Crippen molar-refractivity contribution in [2.24, 2.45) is 34.0 Å². The smallest absolute Gasteiger partial charge is 0.306 e. The highest BCUT2D eigenvalue weighted by Crippen LogP contribution is 2.82. The Morgan fingerprint density at radius 3 is 2.35 bits per heavy atom. The largest absolute Gasteiger partial charge is 0.497 e. The molecule has 6 rings (SSSR count). The minimum atomic E-state index is -1.12.